The second-order valence-corrected chi connectivity index (χ2v) is 9.04. The van der Waals surface area contributed by atoms with E-state index in [4.69, 9.17) is 0 Å². The zero-order valence-corrected chi connectivity index (χ0v) is 19.1. The van der Waals surface area contributed by atoms with Gasteiger partial charge in [0.05, 0.1) is 0 Å². The number of aromatic nitrogens is 1. The fourth-order valence-corrected chi connectivity index (χ4v) is 4.65. The average Bonchev–Trinajstić information content (AvgIpc) is 3.13. The number of carbonyl (C=O) groups is 2. The number of benzene rings is 3. The summed E-state index contributed by atoms with van der Waals surface area (Å²) in [5, 5.41) is 7.16. The Labute approximate surface area is 199 Å². The molecule has 1 aromatic heterocycles. The van der Waals surface area contributed by atoms with Crippen molar-refractivity contribution in [2.75, 3.05) is 5.32 Å². The summed E-state index contributed by atoms with van der Waals surface area (Å²) in [5.74, 6) is -0.122. The molecule has 1 aliphatic rings. The molecule has 0 saturated heterocycles. The van der Waals surface area contributed by atoms with Gasteiger partial charge in [0.2, 0.25) is 0 Å². The molecule has 5 nitrogen and oxygen atoms in total. The number of hydrogen-bond donors (Lipinski definition) is 3. The van der Waals surface area contributed by atoms with E-state index in [1.807, 2.05) is 60.7 Å². The summed E-state index contributed by atoms with van der Waals surface area (Å²) in [6.07, 6.45) is 7.07. The largest absolute Gasteiger partial charge is 0.355 e. The Morgan fingerprint density at radius 2 is 1.47 bits per heavy atom. The summed E-state index contributed by atoms with van der Waals surface area (Å²) in [6.45, 7) is 0. The third-order valence-electron chi connectivity index (χ3n) is 6.56. The molecule has 1 saturated carbocycles. The summed E-state index contributed by atoms with van der Waals surface area (Å²) >= 11 is 0. The van der Waals surface area contributed by atoms with Gasteiger partial charge in [0.25, 0.3) is 11.8 Å². The molecule has 0 aliphatic heterocycles. The van der Waals surface area contributed by atoms with Gasteiger partial charge in [0, 0.05) is 39.5 Å². The fraction of sp³-hybridized carbons (Fsp3) is 0.241. The number of aromatic amines is 1. The average molecular weight is 452 g/mol. The molecule has 0 bridgehead atoms. The van der Waals surface area contributed by atoms with Crippen molar-refractivity contribution in [3.8, 4) is 11.3 Å². The molecule has 0 spiro atoms. The highest BCUT2D eigenvalue weighted by Crippen LogP contribution is 2.26. The molecule has 0 unspecified atom stereocenters. The van der Waals surface area contributed by atoms with Crippen molar-refractivity contribution in [1.82, 2.24) is 10.3 Å². The van der Waals surface area contributed by atoms with E-state index >= 15 is 0 Å². The van der Waals surface area contributed by atoms with Crippen molar-refractivity contribution >= 4 is 28.4 Å². The van der Waals surface area contributed by atoms with Crippen LogP contribution in [0.25, 0.3) is 22.2 Å². The number of hydrogen-bond acceptors (Lipinski definition) is 2. The second-order valence-electron chi connectivity index (χ2n) is 9.04. The van der Waals surface area contributed by atoms with E-state index in [9.17, 15) is 9.59 Å². The van der Waals surface area contributed by atoms with Crippen LogP contribution in [0.15, 0.2) is 78.9 Å². The Bertz CT molecular complexity index is 1280. The molecular formula is C29H29N3O2. The Kier molecular flexibility index (Phi) is 6.43. The third-order valence-corrected chi connectivity index (χ3v) is 6.56. The lowest BCUT2D eigenvalue weighted by atomic mass is 10.1. The highest BCUT2D eigenvalue weighted by Gasteiger charge is 2.16. The second kappa shape index (κ2) is 9.96. The lowest BCUT2D eigenvalue weighted by Crippen LogP contribution is -2.34. The van der Waals surface area contributed by atoms with Crippen molar-refractivity contribution in [1.29, 1.82) is 0 Å². The van der Waals surface area contributed by atoms with Gasteiger partial charge in [-0.25, -0.2) is 0 Å². The molecule has 3 N–H and O–H groups in total. The van der Waals surface area contributed by atoms with E-state index in [2.05, 4.69) is 21.7 Å². The number of fused-ring (bicyclic) bond motifs is 1. The molecule has 1 fully saturated rings. The van der Waals surface area contributed by atoms with E-state index in [-0.39, 0.29) is 17.9 Å². The molecule has 0 atom stereocenters. The normalized spacial score (nSPS) is 14.5. The maximum atomic E-state index is 12.8. The van der Waals surface area contributed by atoms with Gasteiger partial charge >= 0.3 is 0 Å². The molecule has 3 aromatic carbocycles. The number of carbonyl (C=O) groups excluding carboxylic acids is 2. The third kappa shape index (κ3) is 5.04. The van der Waals surface area contributed by atoms with E-state index < -0.39 is 0 Å². The van der Waals surface area contributed by atoms with E-state index in [0.717, 1.165) is 40.7 Å². The Balaban J connectivity index is 1.28. The first-order valence-electron chi connectivity index (χ1n) is 12.1. The zero-order chi connectivity index (χ0) is 23.3. The summed E-state index contributed by atoms with van der Waals surface area (Å²) in [5.41, 5.74) is 5.03. The molecule has 5 heteroatoms. The van der Waals surface area contributed by atoms with Crippen molar-refractivity contribution < 1.29 is 9.59 Å². The topological polar surface area (TPSA) is 74.0 Å². The van der Waals surface area contributed by atoms with Crippen LogP contribution < -0.4 is 10.6 Å². The van der Waals surface area contributed by atoms with Gasteiger partial charge in [-0.15, -0.1) is 0 Å². The van der Waals surface area contributed by atoms with Crippen molar-refractivity contribution in [2.45, 2.75) is 44.6 Å². The van der Waals surface area contributed by atoms with Crippen molar-refractivity contribution in [3.63, 3.8) is 0 Å². The minimum atomic E-state index is -0.131. The lowest BCUT2D eigenvalue weighted by molar-refractivity contribution is 0.0932. The zero-order valence-electron chi connectivity index (χ0n) is 19.1. The monoisotopic (exact) mass is 451 g/mol. The van der Waals surface area contributed by atoms with Crippen LogP contribution in [0.5, 0.6) is 0 Å². The minimum Gasteiger partial charge on any atom is -0.355 e. The van der Waals surface area contributed by atoms with Crippen LogP contribution in [-0.4, -0.2) is 22.8 Å². The van der Waals surface area contributed by atoms with Crippen molar-refractivity contribution in [3.05, 3.63) is 90.0 Å². The van der Waals surface area contributed by atoms with E-state index in [0.29, 0.717) is 11.1 Å². The first-order valence-corrected chi connectivity index (χ1v) is 12.1. The first kappa shape index (κ1) is 22.0. The van der Waals surface area contributed by atoms with Crippen LogP contribution in [0.2, 0.25) is 0 Å². The summed E-state index contributed by atoms with van der Waals surface area (Å²) in [6, 6.07) is 25.1. The SMILES string of the molecule is O=C(Nc1ccc(-c2cc3cc(C(=O)NC4CCCCCC4)ccc3[nH]2)cc1)c1ccccc1. The Morgan fingerprint density at radius 1 is 0.735 bits per heavy atom. The molecule has 0 radical (unpaired) electrons. The molecular weight excluding hydrogens is 422 g/mol. The number of amides is 2. The highest BCUT2D eigenvalue weighted by molar-refractivity contribution is 6.04. The van der Waals surface area contributed by atoms with Crippen LogP contribution in [0.4, 0.5) is 5.69 Å². The van der Waals surface area contributed by atoms with Crippen LogP contribution in [-0.2, 0) is 0 Å². The number of anilines is 1. The van der Waals surface area contributed by atoms with E-state index in [1.165, 1.54) is 25.7 Å². The molecule has 4 aromatic rings. The van der Waals surface area contributed by atoms with Crippen LogP contribution in [0, 0.1) is 0 Å². The first-order chi connectivity index (χ1) is 16.7. The molecule has 2 amide bonds. The molecule has 5 rings (SSSR count). The standard InChI is InChI=1S/C29H29N3O2/c33-28(21-8-4-3-5-9-21)31-25-15-12-20(13-16-25)27-19-23-18-22(14-17-26(23)32-27)29(34)30-24-10-6-1-2-7-11-24/h3-5,8-9,12-19,24,32H,1-2,6-7,10-11H2,(H,30,34)(H,31,33). The summed E-state index contributed by atoms with van der Waals surface area (Å²) in [4.78, 5) is 28.6. The number of rotatable bonds is 5. The minimum absolute atomic E-state index is 0.00932. The molecule has 1 heterocycles. The molecule has 34 heavy (non-hydrogen) atoms. The van der Waals surface area contributed by atoms with E-state index in [1.54, 1.807) is 12.1 Å². The van der Waals surface area contributed by atoms with Crippen LogP contribution >= 0.6 is 0 Å². The van der Waals surface area contributed by atoms with Crippen LogP contribution in [0.1, 0.15) is 59.2 Å². The quantitative estimate of drug-likeness (QED) is 0.301. The number of H-pyrrole nitrogens is 1. The maximum absolute atomic E-state index is 12.8. The summed E-state index contributed by atoms with van der Waals surface area (Å²) in [7, 11) is 0. The van der Waals surface area contributed by atoms with Crippen LogP contribution in [0.3, 0.4) is 0 Å². The number of nitrogens with one attached hydrogen (secondary N) is 3. The fourth-order valence-electron chi connectivity index (χ4n) is 4.65. The Hall–Kier alpha value is -3.86. The Morgan fingerprint density at radius 3 is 2.21 bits per heavy atom. The van der Waals surface area contributed by atoms with Crippen molar-refractivity contribution in [2.24, 2.45) is 0 Å². The smallest absolute Gasteiger partial charge is 0.255 e. The maximum Gasteiger partial charge on any atom is 0.255 e. The van der Waals surface area contributed by atoms with Gasteiger partial charge in [-0.2, -0.15) is 0 Å². The highest BCUT2D eigenvalue weighted by atomic mass is 16.2. The van der Waals surface area contributed by atoms with Gasteiger partial charge in [0.15, 0.2) is 0 Å². The van der Waals surface area contributed by atoms with Gasteiger partial charge in [-0.3, -0.25) is 9.59 Å². The van der Waals surface area contributed by atoms with Gasteiger partial charge < -0.3 is 15.6 Å². The lowest BCUT2D eigenvalue weighted by Gasteiger charge is -2.16. The summed E-state index contributed by atoms with van der Waals surface area (Å²) < 4.78 is 0. The van der Waals surface area contributed by atoms with Gasteiger partial charge in [0.1, 0.15) is 0 Å². The van der Waals surface area contributed by atoms with Gasteiger partial charge in [-0.05, 0) is 66.9 Å². The molecule has 1 aliphatic carbocycles. The predicted molar refractivity (Wildman–Crippen MR) is 137 cm³/mol. The molecule has 172 valence electrons. The predicted octanol–water partition coefficient (Wildman–Crippen LogP) is 6.54. The van der Waals surface area contributed by atoms with Gasteiger partial charge in [-0.1, -0.05) is 56.0 Å².